The summed E-state index contributed by atoms with van der Waals surface area (Å²) in [6.07, 6.45) is 1.30. The molecule has 0 spiro atoms. The van der Waals surface area contributed by atoms with Gasteiger partial charge >= 0.3 is 0 Å². The summed E-state index contributed by atoms with van der Waals surface area (Å²) < 4.78 is 7.06. The van der Waals surface area contributed by atoms with Crippen LogP contribution in [0.25, 0.3) is 17.1 Å². The summed E-state index contributed by atoms with van der Waals surface area (Å²) in [6.45, 7) is 0. The molecule has 1 amide bonds. The zero-order chi connectivity index (χ0) is 26.4. The van der Waals surface area contributed by atoms with Gasteiger partial charge < -0.3 is 4.74 Å². The average Bonchev–Trinajstić information content (AvgIpc) is 3.32. The van der Waals surface area contributed by atoms with Crippen molar-refractivity contribution in [3.63, 3.8) is 0 Å². The minimum atomic E-state index is -0.591. The van der Waals surface area contributed by atoms with Crippen LogP contribution in [0.15, 0.2) is 77.0 Å². The van der Waals surface area contributed by atoms with Gasteiger partial charge in [0, 0.05) is 27.9 Å². The third-order valence-corrected chi connectivity index (χ3v) is 6.47. The van der Waals surface area contributed by atoms with Crippen LogP contribution < -0.4 is 10.2 Å². The number of thioether (sulfide) groups is 1. The summed E-state index contributed by atoms with van der Waals surface area (Å²) in [5.41, 5.74) is 4.14. The summed E-state index contributed by atoms with van der Waals surface area (Å²) in [6, 6.07) is 18.8. The summed E-state index contributed by atoms with van der Waals surface area (Å²) in [4.78, 5) is 22.8. The number of methoxy groups -OCH3 is 1. The molecule has 0 atom stereocenters. The number of carbonyl (C=O) groups excluding carboxylic acids is 1. The van der Waals surface area contributed by atoms with Gasteiger partial charge in [0.15, 0.2) is 11.0 Å². The maximum absolute atomic E-state index is 12.4. The van der Waals surface area contributed by atoms with E-state index in [4.69, 9.17) is 27.9 Å². The number of nitrogens with zero attached hydrogens (tertiary/aromatic N) is 5. The number of aromatic nitrogens is 3. The Morgan fingerprint density at radius 2 is 1.86 bits per heavy atom. The number of hydrazone groups is 1. The summed E-state index contributed by atoms with van der Waals surface area (Å²) in [5.74, 6) is 0.879. The number of carbonyl (C=O) groups is 1. The third kappa shape index (κ3) is 6.45. The van der Waals surface area contributed by atoms with E-state index in [1.807, 2.05) is 41.0 Å². The Hall–Kier alpha value is -3.93. The van der Waals surface area contributed by atoms with E-state index in [0.717, 1.165) is 11.3 Å². The first kappa shape index (κ1) is 26.1. The highest BCUT2D eigenvalue weighted by molar-refractivity contribution is 7.99. The quantitative estimate of drug-likeness (QED) is 0.126. The maximum atomic E-state index is 12.4. The van der Waals surface area contributed by atoms with Crippen LogP contribution in [0.1, 0.15) is 5.56 Å². The van der Waals surface area contributed by atoms with E-state index < -0.39 is 10.8 Å². The van der Waals surface area contributed by atoms with Crippen molar-refractivity contribution in [2.45, 2.75) is 5.16 Å². The highest BCUT2D eigenvalue weighted by atomic mass is 35.5. The monoisotopic (exact) mass is 556 g/mol. The van der Waals surface area contributed by atoms with E-state index in [0.29, 0.717) is 27.3 Å². The van der Waals surface area contributed by atoms with E-state index >= 15 is 0 Å². The zero-order valence-corrected chi connectivity index (χ0v) is 21.5. The molecule has 4 rings (SSSR count). The standard InChI is InChI=1S/C24H18Cl2N6O4S/c1-36-19-9-3-16(4-10-19)23-29-30-24(31(23)18-7-5-17(25)6-8-18)37-14-22(33)28-27-13-15-2-11-20(26)21(12-15)32(34)35/h2-13H,14H2,1H3,(H,28,33). The molecule has 3 aromatic carbocycles. The number of benzene rings is 3. The maximum Gasteiger partial charge on any atom is 0.288 e. The lowest BCUT2D eigenvalue weighted by Gasteiger charge is -2.11. The van der Waals surface area contributed by atoms with Crippen molar-refractivity contribution >= 4 is 52.8 Å². The molecule has 1 aromatic heterocycles. The highest BCUT2D eigenvalue weighted by Crippen LogP contribution is 2.29. The van der Waals surface area contributed by atoms with E-state index in [2.05, 4.69) is 20.7 Å². The number of nitrogens with one attached hydrogen (secondary N) is 1. The molecule has 0 fully saturated rings. The largest absolute Gasteiger partial charge is 0.497 e. The summed E-state index contributed by atoms with van der Waals surface area (Å²) in [5, 5.41) is 24.6. The Labute approximate surface area is 225 Å². The van der Waals surface area contributed by atoms with Crippen molar-refractivity contribution in [1.82, 2.24) is 20.2 Å². The van der Waals surface area contributed by atoms with Crippen molar-refractivity contribution in [1.29, 1.82) is 0 Å². The molecule has 4 aromatic rings. The van der Waals surface area contributed by atoms with Gasteiger partial charge in [0.1, 0.15) is 10.8 Å². The lowest BCUT2D eigenvalue weighted by molar-refractivity contribution is -0.384. The molecular formula is C24H18Cl2N6O4S. The van der Waals surface area contributed by atoms with Gasteiger partial charge in [-0.2, -0.15) is 5.10 Å². The van der Waals surface area contributed by atoms with E-state index in [1.165, 1.54) is 30.1 Å². The van der Waals surface area contributed by atoms with Crippen molar-refractivity contribution in [2.75, 3.05) is 12.9 Å². The lowest BCUT2D eigenvalue weighted by Crippen LogP contribution is -2.20. The highest BCUT2D eigenvalue weighted by Gasteiger charge is 2.18. The Bertz CT molecular complexity index is 1460. The van der Waals surface area contributed by atoms with Gasteiger partial charge in [-0.05, 0) is 54.6 Å². The Kier molecular flexibility index (Phi) is 8.39. The van der Waals surface area contributed by atoms with Gasteiger partial charge in [-0.1, -0.05) is 41.0 Å². The first-order valence-corrected chi connectivity index (χ1v) is 12.3. The molecule has 10 nitrogen and oxygen atoms in total. The number of halogens is 2. The number of amides is 1. The smallest absolute Gasteiger partial charge is 0.288 e. The number of nitro groups is 1. The zero-order valence-electron chi connectivity index (χ0n) is 19.2. The second kappa shape index (κ2) is 11.9. The van der Waals surface area contributed by atoms with Gasteiger partial charge in [0.25, 0.3) is 11.6 Å². The molecule has 0 bridgehead atoms. The van der Waals surface area contributed by atoms with Crippen molar-refractivity contribution in [3.8, 4) is 22.8 Å². The van der Waals surface area contributed by atoms with Gasteiger partial charge in [-0.15, -0.1) is 10.2 Å². The minimum absolute atomic E-state index is 0.00750. The van der Waals surface area contributed by atoms with Gasteiger partial charge in [0.2, 0.25) is 0 Å². The van der Waals surface area contributed by atoms with E-state index in [9.17, 15) is 14.9 Å². The predicted octanol–water partition coefficient (Wildman–Crippen LogP) is 5.40. The van der Waals surface area contributed by atoms with Crippen molar-refractivity contribution < 1.29 is 14.5 Å². The van der Waals surface area contributed by atoms with Gasteiger partial charge in [-0.3, -0.25) is 19.5 Å². The van der Waals surface area contributed by atoms with Crippen LogP contribution in [0, 0.1) is 10.1 Å². The van der Waals surface area contributed by atoms with E-state index in [1.54, 1.807) is 25.3 Å². The first-order valence-electron chi connectivity index (χ1n) is 10.6. The van der Waals surface area contributed by atoms with Crippen LogP contribution in [0.4, 0.5) is 5.69 Å². The number of rotatable bonds is 9. The SMILES string of the molecule is COc1ccc(-c2nnc(SCC(=O)NN=Cc3ccc(Cl)c([N+](=O)[O-])c3)n2-c2ccc(Cl)cc2)cc1. The minimum Gasteiger partial charge on any atom is -0.497 e. The summed E-state index contributed by atoms with van der Waals surface area (Å²) in [7, 11) is 1.59. The van der Waals surface area contributed by atoms with E-state index in [-0.39, 0.29) is 16.5 Å². The van der Waals surface area contributed by atoms with Crippen LogP contribution in [0.5, 0.6) is 5.75 Å². The molecule has 0 aliphatic rings. The van der Waals surface area contributed by atoms with Crippen LogP contribution in [0.3, 0.4) is 0 Å². The molecule has 1 N–H and O–H groups in total. The molecule has 13 heteroatoms. The van der Waals surface area contributed by atoms with Gasteiger partial charge in [0.05, 0.1) is 24.0 Å². The first-order chi connectivity index (χ1) is 17.9. The molecule has 0 radical (unpaired) electrons. The topological polar surface area (TPSA) is 125 Å². The molecule has 0 aliphatic carbocycles. The van der Waals surface area contributed by atoms with Crippen LogP contribution in [-0.2, 0) is 4.79 Å². The predicted molar refractivity (Wildman–Crippen MR) is 143 cm³/mol. The molecule has 1 heterocycles. The second-order valence-electron chi connectivity index (χ2n) is 7.40. The normalized spacial score (nSPS) is 11.0. The number of hydrogen-bond donors (Lipinski definition) is 1. The molecule has 0 saturated heterocycles. The Morgan fingerprint density at radius 3 is 2.54 bits per heavy atom. The van der Waals surface area contributed by atoms with Crippen LogP contribution in [0.2, 0.25) is 10.0 Å². The van der Waals surface area contributed by atoms with Crippen molar-refractivity contribution in [2.24, 2.45) is 5.10 Å². The molecular weight excluding hydrogens is 539 g/mol. The summed E-state index contributed by atoms with van der Waals surface area (Å²) >= 11 is 13.0. The van der Waals surface area contributed by atoms with Crippen molar-refractivity contribution in [3.05, 3.63) is 92.5 Å². The number of ether oxygens (including phenoxy) is 1. The van der Waals surface area contributed by atoms with Crippen LogP contribution >= 0.6 is 35.0 Å². The fourth-order valence-corrected chi connectivity index (χ4v) is 4.26. The fourth-order valence-electron chi connectivity index (χ4n) is 3.20. The molecule has 188 valence electrons. The van der Waals surface area contributed by atoms with Crippen LogP contribution in [-0.4, -0.2) is 44.7 Å². The second-order valence-corrected chi connectivity index (χ2v) is 9.18. The number of nitro benzene ring substituents is 1. The Morgan fingerprint density at radius 1 is 1.14 bits per heavy atom. The number of hydrogen-bond acceptors (Lipinski definition) is 8. The molecule has 37 heavy (non-hydrogen) atoms. The van der Waals surface area contributed by atoms with Gasteiger partial charge in [-0.25, -0.2) is 5.43 Å². The molecule has 0 aliphatic heterocycles. The third-order valence-electron chi connectivity index (χ3n) is 4.97. The Balaban J connectivity index is 1.49. The lowest BCUT2D eigenvalue weighted by atomic mass is 10.2. The molecule has 0 saturated carbocycles. The molecule has 0 unspecified atom stereocenters. The average molecular weight is 557 g/mol. The fraction of sp³-hybridized carbons (Fsp3) is 0.0833.